The Kier molecular flexibility index (Phi) is 24.5. The van der Waals surface area contributed by atoms with Crippen LogP contribution in [0.5, 0.6) is 0 Å². The van der Waals surface area contributed by atoms with Gasteiger partial charge in [-0.25, -0.2) is 0 Å². The Morgan fingerprint density at radius 2 is 0.600 bits per heavy atom. The standard InChI is InChI=1S/C8H10.2C7H9N.3C2H6/c1-7-3-5-8(2)6-4-7;2*1-6-3-4-7(2)8-5-6;3*1-2/h3-6H,1-2H3;2*3-5H,1-2H3;3*1-2H3. The van der Waals surface area contributed by atoms with Gasteiger partial charge in [0.1, 0.15) is 0 Å². The van der Waals surface area contributed by atoms with Crippen LogP contribution in [0.2, 0.25) is 0 Å². The van der Waals surface area contributed by atoms with Gasteiger partial charge in [-0.15, -0.1) is 0 Å². The highest BCUT2D eigenvalue weighted by Gasteiger charge is 1.82. The lowest BCUT2D eigenvalue weighted by Crippen LogP contribution is -1.78. The van der Waals surface area contributed by atoms with E-state index in [-0.39, 0.29) is 0 Å². The number of hydrogen-bond donors (Lipinski definition) is 0. The summed E-state index contributed by atoms with van der Waals surface area (Å²) in [6, 6.07) is 16.6. The van der Waals surface area contributed by atoms with Gasteiger partial charge in [0.2, 0.25) is 0 Å². The first-order valence-corrected chi connectivity index (χ1v) is 11.2. The van der Waals surface area contributed by atoms with E-state index < -0.39 is 0 Å². The lowest BCUT2D eigenvalue weighted by molar-refractivity contribution is 1.17. The lowest BCUT2D eigenvalue weighted by atomic mass is 10.2. The third kappa shape index (κ3) is 20.3. The zero-order chi connectivity index (χ0) is 23.9. The predicted molar refractivity (Wildman–Crippen MR) is 137 cm³/mol. The van der Waals surface area contributed by atoms with Crippen molar-refractivity contribution in [3.8, 4) is 0 Å². The van der Waals surface area contributed by atoms with Gasteiger partial charge in [0.25, 0.3) is 0 Å². The van der Waals surface area contributed by atoms with Crippen LogP contribution in [0.4, 0.5) is 0 Å². The van der Waals surface area contributed by atoms with E-state index in [0.29, 0.717) is 0 Å². The minimum Gasteiger partial charge on any atom is -0.261 e. The third-order valence-corrected chi connectivity index (χ3v) is 3.34. The fourth-order valence-electron chi connectivity index (χ4n) is 1.72. The molecule has 0 spiro atoms. The summed E-state index contributed by atoms with van der Waals surface area (Å²) in [6.07, 6.45) is 3.74. The molecule has 2 aromatic heterocycles. The van der Waals surface area contributed by atoms with Crippen molar-refractivity contribution in [2.45, 2.75) is 83.1 Å². The van der Waals surface area contributed by atoms with Crippen molar-refractivity contribution in [2.75, 3.05) is 0 Å². The van der Waals surface area contributed by atoms with Crippen molar-refractivity contribution in [3.05, 3.63) is 94.6 Å². The van der Waals surface area contributed by atoms with Crippen LogP contribution >= 0.6 is 0 Å². The normalized spacial score (nSPS) is 8.00. The second kappa shape index (κ2) is 22.8. The number of rotatable bonds is 0. The second-order valence-electron chi connectivity index (χ2n) is 6.11. The Bertz CT molecular complexity index is 531. The van der Waals surface area contributed by atoms with Gasteiger partial charge in [0, 0.05) is 23.8 Å². The van der Waals surface area contributed by atoms with Gasteiger partial charge < -0.3 is 0 Å². The minimum atomic E-state index is 1.08. The molecule has 2 nitrogen and oxygen atoms in total. The van der Waals surface area contributed by atoms with Gasteiger partial charge in [0.05, 0.1) is 0 Å². The van der Waals surface area contributed by atoms with Crippen LogP contribution in [0, 0.1) is 41.5 Å². The highest BCUT2D eigenvalue weighted by molar-refractivity contribution is 5.19. The maximum atomic E-state index is 4.08. The van der Waals surface area contributed by atoms with Crippen LogP contribution in [0.15, 0.2) is 60.9 Å². The molecule has 0 amide bonds. The van der Waals surface area contributed by atoms with Crippen LogP contribution in [-0.2, 0) is 0 Å². The zero-order valence-corrected chi connectivity index (χ0v) is 21.7. The van der Waals surface area contributed by atoms with Crippen molar-refractivity contribution in [1.29, 1.82) is 0 Å². The Labute approximate surface area is 187 Å². The van der Waals surface area contributed by atoms with E-state index in [9.17, 15) is 0 Å². The molecule has 0 N–H and O–H groups in total. The molecule has 0 bridgehead atoms. The fourth-order valence-corrected chi connectivity index (χ4v) is 1.72. The van der Waals surface area contributed by atoms with Gasteiger partial charge >= 0.3 is 0 Å². The molecule has 0 saturated heterocycles. The lowest BCUT2D eigenvalue weighted by Gasteiger charge is -1.90. The molecule has 0 atom stereocenters. The molecule has 0 fully saturated rings. The molecule has 0 unspecified atom stereocenters. The van der Waals surface area contributed by atoms with Crippen molar-refractivity contribution < 1.29 is 0 Å². The predicted octanol–water partition coefficient (Wildman–Crippen LogP) is 8.78. The maximum Gasteiger partial charge on any atom is 0.0372 e. The number of benzene rings is 1. The summed E-state index contributed by atoms with van der Waals surface area (Å²) >= 11 is 0. The average Bonchev–Trinajstić information content (AvgIpc) is 2.79. The smallest absolute Gasteiger partial charge is 0.0372 e. The van der Waals surface area contributed by atoms with Gasteiger partial charge in [-0.3, -0.25) is 9.97 Å². The fraction of sp³-hybridized carbons (Fsp3) is 0.429. The topological polar surface area (TPSA) is 25.8 Å². The average molecular weight is 411 g/mol. The quantitative estimate of drug-likeness (QED) is 0.370. The summed E-state index contributed by atoms with van der Waals surface area (Å²) in [4.78, 5) is 8.16. The van der Waals surface area contributed by atoms with Gasteiger partial charge in [-0.2, -0.15) is 0 Å². The molecule has 30 heavy (non-hydrogen) atoms. The molecule has 2 heteroatoms. The minimum absolute atomic E-state index is 1.08. The number of hydrogen-bond acceptors (Lipinski definition) is 2. The summed E-state index contributed by atoms with van der Waals surface area (Å²) in [5.41, 5.74) is 7.25. The van der Waals surface area contributed by atoms with Crippen molar-refractivity contribution in [1.82, 2.24) is 9.97 Å². The van der Waals surface area contributed by atoms with E-state index >= 15 is 0 Å². The number of nitrogens with zero attached hydrogens (tertiary/aromatic N) is 2. The third-order valence-electron chi connectivity index (χ3n) is 3.34. The van der Waals surface area contributed by atoms with Gasteiger partial charge in [-0.05, 0) is 64.8 Å². The molecule has 3 rings (SSSR count). The number of aryl methyl sites for hydroxylation is 6. The Balaban J connectivity index is -0.000000323. The van der Waals surface area contributed by atoms with Gasteiger partial charge in [0.15, 0.2) is 0 Å². The first kappa shape index (κ1) is 32.2. The number of pyridine rings is 2. The molecule has 0 saturated carbocycles. The van der Waals surface area contributed by atoms with Crippen LogP contribution < -0.4 is 0 Å². The highest BCUT2D eigenvalue weighted by Crippen LogP contribution is 1.99. The van der Waals surface area contributed by atoms with Crippen LogP contribution in [0.3, 0.4) is 0 Å². The second-order valence-corrected chi connectivity index (χ2v) is 6.11. The molecule has 1 aromatic carbocycles. The SMILES string of the molecule is CC.CC.CC.Cc1ccc(C)cc1.Cc1ccc(C)nc1.Cc1ccc(C)nc1. The number of aromatic nitrogens is 2. The molecular weight excluding hydrogens is 364 g/mol. The molecule has 168 valence electrons. The molecule has 0 aliphatic carbocycles. The highest BCUT2D eigenvalue weighted by atomic mass is 14.7. The summed E-state index contributed by atoms with van der Waals surface area (Å²) in [5, 5.41) is 0. The Hall–Kier alpha value is -2.48. The van der Waals surface area contributed by atoms with E-state index in [0.717, 1.165) is 11.4 Å². The van der Waals surface area contributed by atoms with E-state index in [1.807, 2.05) is 93.8 Å². The molecule has 0 aliphatic heterocycles. The van der Waals surface area contributed by atoms with Crippen LogP contribution in [-0.4, -0.2) is 9.97 Å². The van der Waals surface area contributed by atoms with Gasteiger partial charge in [-0.1, -0.05) is 89.1 Å². The zero-order valence-electron chi connectivity index (χ0n) is 21.7. The summed E-state index contributed by atoms with van der Waals surface area (Å²) in [6.45, 7) is 24.2. The van der Waals surface area contributed by atoms with Crippen LogP contribution in [0.1, 0.15) is 75.2 Å². The molecule has 2 heterocycles. The summed E-state index contributed by atoms with van der Waals surface area (Å²) in [7, 11) is 0. The van der Waals surface area contributed by atoms with E-state index in [2.05, 4.69) is 60.2 Å². The molecule has 3 aromatic rings. The molecule has 0 radical (unpaired) electrons. The Morgan fingerprint density at radius 3 is 0.767 bits per heavy atom. The maximum absolute atomic E-state index is 4.08. The van der Waals surface area contributed by atoms with E-state index in [4.69, 9.17) is 0 Å². The summed E-state index contributed by atoms with van der Waals surface area (Å²) < 4.78 is 0. The first-order chi connectivity index (χ1) is 14.4. The molecule has 0 aliphatic rings. The van der Waals surface area contributed by atoms with Crippen LogP contribution in [0.25, 0.3) is 0 Å². The van der Waals surface area contributed by atoms with Crippen molar-refractivity contribution >= 4 is 0 Å². The van der Waals surface area contributed by atoms with E-state index in [1.54, 1.807) is 0 Å². The van der Waals surface area contributed by atoms with Crippen molar-refractivity contribution in [2.24, 2.45) is 0 Å². The Morgan fingerprint density at radius 1 is 0.367 bits per heavy atom. The summed E-state index contributed by atoms with van der Waals surface area (Å²) in [5.74, 6) is 0. The first-order valence-electron chi connectivity index (χ1n) is 11.2. The monoisotopic (exact) mass is 410 g/mol. The largest absolute Gasteiger partial charge is 0.261 e. The van der Waals surface area contributed by atoms with E-state index in [1.165, 1.54) is 22.3 Å². The molecular formula is C28H46N2. The van der Waals surface area contributed by atoms with Crippen molar-refractivity contribution in [3.63, 3.8) is 0 Å².